The quantitative estimate of drug-likeness (QED) is 0.467. The molecule has 2 saturated heterocycles. The molecule has 3 aliphatic heterocycles. The van der Waals surface area contributed by atoms with E-state index in [0.29, 0.717) is 47.5 Å². The fraction of sp³-hybridized carbons (Fsp3) is 0.320. The maximum atomic E-state index is 13.7. The number of amides is 3. The minimum atomic E-state index is -0.811. The lowest BCUT2D eigenvalue weighted by Crippen LogP contribution is -2.43. The molecule has 190 valence electrons. The first-order valence-electron chi connectivity index (χ1n) is 11.7. The Kier molecular flexibility index (Phi) is 6.17. The number of fused-ring (bicyclic) bond motifs is 2. The Labute approximate surface area is 218 Å². The number of rotatable bonds is 4. The molecule has 0 saturated carbocycles. The zero-order valence-corrected chi connectivity index (χ0v) is 21.0. The molecule has 2 fully saturated rings. The van der Waals surface area contributed by atoms with Crippen LogP contribution in [0.2, 0.25) is 0 Å². The van der Waals surface area contributed by atoms with Gasteiger partial charge in [-0.15, -0.1) is 0 Å². The van der Waals surface area contributed by atoms with Gasteiger partial charge in [-0.05, 0) is 35.9 Å². The first-order chi connectivity index (χ1) is 17.9. The summed E-state index contributed by atoms with van der Waals surface area (Å²) in [7, 11) is 0. The van der Waals surface area contributed by atoms with Gasteiger partial charge >= 0.3 is 4.87 Å². The van der Waals surface area contributed by atoms with E-state index in [2.05, 4.69) is 4.98 Å². The molecular weight excluding hydrogens is 519 g/mol. The number of ether oxygens (including phenoxy) is 1. The van der Waals surface area contributed by atoms with Crippen LogP contribution in [0.4, 0.5) is 10.1 Å². The summed E-state index contributed by atoms with van der Waals surface area (Å²) in [4.78, 5) is 60.8. The zero-order chi connectivity index (χ0) is 25.7. The number of thiazole rings is 1. The summed E-state index contributed by atoms with van der Waals surface area (Å²) in [6.07, 6.45) is 3.24. The van der Waals surface area contributed by atoms with Crippen molar-refractivity contribution in [2.75, 3.05) is 31.2 Å². The average molecular weight is 541 g/mol. The van der Waals surface area contributed by atoms with Gasteiger partial charge in [0.15, 0.2) is 0 Å². The number of carbonyl (C=O) groups is 3. The molecule has 2 aromatic heterocycles. The molecule has 0 spiro atoms. The van der Waals surface area contributed by atoms with E-state index >= 15 is 0 Å². The second kappa shape index (κ2) is 9.51. The van der Waals surface area contributed by atoms with Gasteiger partial charge in [0.25, 0.3) is 0 Å². The summed E-state index contributed by atoms with van der Waals surface area (Å²) in [5, 5.41) is -0.289. The van der Waals surface area contributed by atoms with E-state index in [1.54, 1.807) is 23.4 Å². The van der Waals surface area contributed by atoms with Gasteiger partial charge in [-0.1, -0.05) is 29.2 Å². The van der Waals surface area contributed by atoms with Crippen molar-refractivity contribution in [3.05, 3.63) is 74.7 Å². The highest BCUT2D eigenvalue weighted by molar-refractivity contribution is 8.00. The molecule has 3 aliphatic rings. The van der Waals surface area contributed by atoms with Gasteiger partial charge in [-0.3, -0.25) is 28.7 Å². The monoisotopic (exact) mass is 540 g/mol. The van der Waals surface area contributed by atoms with Crippen molar-refractivity contribution < 1.29 is 23.5 Å². The standard InChI is InChI=1S/C25H21FN4O5S2/c26-15-3-5-16(6-4-15)30-22(32)19-18(14-2-1-7-27-12-14)21-24(36-20(19)23(30)33)29(25(34)37-21)13-17(31)28-8-10-35-11-9-28/h1-7,12,18-20H,8-11,13H2/t18-,19?,20?/m1/s1. The smallest absolute Gasteiger partial charge is 0.308 e. The molecule has 0 aliphatic carbocycles. The van der Waals surface area contributed by atoms with E-state index in [0.717, 1.165) is 28.0 Å². The van der Waals surface area contributed by atoms with Crippen molar-refractivity contribution in [3.63, 3.8) is 0 Å². The number of carbonyl (C=O) groups excluding carboxylic acids is 3. The summed E-state index contributed by atoms with van der Waals surface area (Å²) < 4.78 is 20.3. The fourth-order valence-electron chi connectivity index (χ4n) is 5.07. The number of nitrogens with zero attached hydrogens (tertiary/aromatic N) is 4. The van der Waals surface area contributed by atoms with Gasteiger partial charge in [0.1, 0.15) is 17.6 Å². The van der Waals surface area contributed by atoms with Crippen molar-refractivity contribution in [3.8, 4) is 0 Å². The van der Waals surface area contributed by atoms with Gasteiger partial charge in [-0.25, -0.2) is 9.29 Å². The topological polar surface area (TPSA) is 102 Å². The van der Waals surface area contributed by atoms with E-state index in [1.165, 1.54) is 28.8 Å². The van der Waals surface area contributed by atoms with Crippen LogP contribution in [0, 0.1) is 11.7 Å². The predicted octanol–water partition coefficient (Wildman–Crippen LogP) is 2.10. The lowest BCUT2D eigenvalue weighted by molar-refractivity contribution is -0.136. The number of halogens is 1. The summed E-state index contributed by atoms with van der Waals surface area (Å²) in [5.74, 6) is -2.89. The highest BCUT2D eigenvalue weighted by atomic mass is 32.2. The molecule has 37 heavy (non-hydrogen) atoms. The molecule has 0 radical (unpaired) electrons. The molecule has 3 atom stereocenters. The normalized spacial score (nSPS) is 23.2. The van der Waals surface area contributed by atoms with Crippen molar-refractivity contribution in [2.24, 2.45) is 5.92 Å². The minimum absolute atomic E-state index is 0.154. The molecule has 3 aromatic rings. The van der Waals surface area contributed by atoms with E-state index in [4.69, 9.17) is 4.74 Å². The lowest BCUT2D eigenvalue weighted by atomic mass is 9.84. The fourth-order valence-corrected chi connectivity index (χ4v) is 7.84. The average Bonchev–Trinajstić information content (AvgIpc) is 3.36. The van der Waals surface area contributed by atoms with Crippen LogP contribution in [0.15, 0.2) is 58.6 Å². The summed E-state index contributed by atoms with van der Waals surface area (Å²) in [5.41, 5.74) is 0.994. The lowest BCUT2D eigenvalue weighted by Gasteiger charge is -2.31. The van der Waals surface area contributed by atoms with Gasteiger partial charge in [0.05, 0.1) is 29.8 Å². The van der Waals surface area contributed by atoms with Crippen molar-refractivity contribution in [2.45, 2.75) is 22.7 Å². The third-order valence-corrected chi connectivity index (χ3v) is 9.44. The molecule has 3 amide bonds. The van der Waals surface area contributed by atoms with E-state index in [1.807, 2.05) is 6.07 Å². The maximum Gasteiger partial charge on any atom is 0.308 e. The largest absolute Gasteiger partial charge is 0.378 e. The van der Waals surface area contributed by atoms with Crippen molar-refractivity contribution in [1.29, 1.82) is 0 Å². The van der Waals surface area contributed by atoms with Crippen LogP contribution in [-0.4, -0.2) is 63.7 Å². The van der Waals surface area contributed by atoms with Crippen molar-refractivity contribution in [1.82, 2.24) is 14.5 Å². The number of benzene rings is 1. The van der Waals surface area contributed by atoms with E-state index in [9.17, 15) is 23.6 Å². The predicted molar refractivity (Wildman–Crippen MR) is 134 cm³/mol. The van der Waals surface area contributed by atoms with Crippen LogP contribution in [-0.2, 0) is 25.7 Å². The number of imide groups is 1. The number of aromatic nitrogens is 2. The van der Waals surface area contributed by atoms with Gasteiger partial charge in [0.2, 0.25) is 17.7 Å². The summed E-state index contributed by atoms with van der Waals surface area (Å²) in [6.45, 7) is 1.64. The Morgan fingerprint density at radius 1 is 1.08 bits per heavy atom. The highest BCUT2D eigenvalue weighted by Gasteiger charge is 2.57. The number of morpholine rings is 1. The number of hydrogen-bond donors (Lipinski definition) is 0. The van der Waals surface area contributed by atoms with Crippen LogP contribution < -0.4 is 9.77 Å². The second-order valence-corrected chi connectivity index (χ2v) is 11.1. The highest BCUT2D eigenvalue weighted by Crippen LogP contribution is 2.53. The Bertz CT molecular complexity index is 1440. The Hall–Kier alpha value is -3.35. The zero-order valence-electron chi connectivity index (χ0n) is 19.4. The van der Waals surface area contributed by atoms with Crippen LogP contribution in [0.25, 0.3) is 0 Å². The van der Waals surface area contributed by atoms with Crippen LogP contribution in [0.3, 0.4) is 0 Å². The van der Waals surface area contributed by atoms with Gasteiger partial charge in [0, 0.05) is 36.3 Å². The maximum absolute atomic E-state index is 13.7. The number of hydrogen-bond acceptors (Lipinski definition) is 8. The number of pyridine rings is 1. The third kappa shape index (κ3) is 4.09. The van der Waals surface area contributed by atoms with Gasteiger partial charge in [-0.2, -0.15) is 0 Å². The first-order valence-corrected chi connectivity index (χ1v) is 13.4. The number of thioether (sulfide) groups is 1. The number of anilines is 1. The molecule has 6 rings (SSSR count). The SMILES string of the molecule is O=C(Cn1c2c(sc1=O)[C@H](c1cccnc1)C1C(=O)N(c3ccc(F)cc3)C(=O)C1S2)N1CCOCC1. The molecule has 0 bridgehead atoms. The molecule has 0 N–H and O–H groups in total. The minimum Gasteiger partial charge on any atom is -0.378 e. The molecule has 2 unspecified atom stereocenters. The summed E-state index contributed by atoms with van der Waals surface area (Å²) in [6, 6.07) is 8.77. The van der Waals surface area contributed by atoms with Gasteiger partial charge < -0.3 is 9.64 Å². The van der Waals surface area contributed by atoms with Crippen molar-refractivity contribution >= 4 is 46.5 Å². The molecular formula is C25H21FN4O5S2. The Balaban J connectivity index is 1.42. The molecule has 1 aromatic carbocycles. The molecule has 5 heterocycles. The Morgan fingerprint density at radius 2 is 1.84 bits per heavy atom. The molecule has 9 nitrogen and oxygen atoms in total. The molecule has 12 heteroatoms. The van der Waals surface area contributed by atoms with Crippen LogP contribution >= 0.6 is 23.1 Å². The Morgan fingerprint density at radius 3 is 2.54 bits per heavy atom. The van der Waals surface area contributed by atoms with E-state index in [-0.39, 0.29) is 17.3 Å². The van der Waals surface area contributed by atoms with E-state index < -0.39 is 34.7 Å². The third-order valence-electron chi connectivity index (χ3n) is 6.83. The van der Waals surface area contributed by atoms with Crippen LogP contribution in [0.1, 0.15) is 16.4 Å². The summed E-state index contributed by atoms with van der Waals surface area (Å²) >= 11 is 2.14. The first kappa shape index (κ1) is 24.0. The van der Waals surface area contributed by atoms with Crippen LogP contribution in [0.5, 0.6) is 0 Å². The second-order valence-electron chi connectivity index (χ2n) is 8.93.